The fraction of sp³-hybridized carbons (Fsp3) is 0.571. The van der Waals surface area contributed by atoms with Gasteiger partial charge in [-0.2, -0.15) is 0 Å². The molecular weight excluding hydrogens is 233 g/mol. The molecular formula is C14H20FNS. The quantitative estimate of drug-likeness (QED) is 0.882. The SMILES string of the molecule is CC1CCCC(Sc2ccc(F)cc2CN)C1. The average molecular weight is 253 g/mol. The van der Waals surface area contributed by atoms with E-state index >= 15 is 0 Å². The predicted octanol–water partition coefficient (Wildman–Crippen LogP) is 3.96. The highest BCUT2D eigenvalue weighted by atomic mass is 32.2. The molecule has 17 heavy (non-hydrogen) atoms. The van der Waals surface area contributed by atoms with E-state index in [2.05, 4.69) is 6.92 Å². The number of hydrogen-bond donors (Lipinski definition) is 1. The molecule has 0 spiro atoms. The molecule has 1 aliphatic rings. The molecule has 1 aromatic carbocycles. The summed E-state index contributed by atoms with van der Waals surface area (Å²) < 4.78 is 13.1. The molecule has 94 valence electrons. The maximum Gasteiger partial charge on any atom is 0.123 e. The zero-order valence-electron chi connectivity index (χ0n) is 10.3. The minimum Gasteiger partial charge on any atom is -0.326 e. The van der Waals surface area contributed by atoms with Gasteiger partial charge in [0.05, 0.1) is 0 Å². The summed E-state index contributed by atoms with van der Waals surface area (Å²) in [5.74, 6) is 0.634. The highest BCUT2D eigenvalue weighted by Gasteiger charge is 2.20. The normalized spacial score (nSPS) is 24.9. The predicted molar refractivity (Wildman–Crippen MR) is 71.6 cm³/mol. The highest BCUT2D eigenvalue weighted by Crippen LogP contribution is 2.37. The van der Waals surface area contributed by atoms with E-state index in [4.69, 9.17) is 5.73 Å². The van der Waals surface area contributed by atoms with Crippen LogP contribution in [0.4, 0.5) is 4.39 Å². The van der Waals surface area contributed by atoms with Crippen LogP contribution in [0.2, 0.25) is 0 Å². The molecule has 1 aromatic rings. The molecule has 1 saturated carbocycles. The molecule has 3 heteroatoms. The van der Waals surface area contributed by atoms with E-state index in [-0.39, 0.29) is 5.82 Å². The van der Waals surface area contributed by atoms with E-state index in [0.717, 1.165) is 16.4 Å². The van der Waals surface area contributed by atoms with E-state index < -0.39 is 0 Å². The molecule has 0 aliphatic heterocycles. The molecule has 2 N–H and O–H groups in total. The summed E-state index contributed by atoms with van der Waals surface area (Å²) in [7, 11) is 0. The summed E-state index contributed by atoms with van der Waals surface area (Å²) in [5.41, 5.74) is 6.61. The van der Waals surface area contributed by atoms with Crippen LogP contribution >= 0.6 is 11.8 Å². The minimum absolute atomic E-state index is 0.188. The molecule has 1 nitrogen and oxygen atoms in total. The van der Waals surface area contributed by atoms with Gasteiger partial charge in [0, 0.05) is 16.7 Å². The molecule has 0 aromatic heterocycles. The summed E-state index contributed by atoms with van der Waals surface area (Å²) in [6, 6.07) is 4.98. The zero-order valence-corrected chi connectivity index (χ0v) is 11.1. The summed E-state index contributed by atoms with van der Waals surface area (Å²) >= 11 is 1.88. The lowest BCUT2D eigenvalue weighted by atomic mass is 9.91. The Morgan fingerprint density at radius 1 is 1.41 bits per heavy atom. The Bertz CT molecular complexity index is 380. The lowest BCUT2D eigenvalue weighted by Gasteiger charge is -2.26. The lowest BCUT2D eigenvalue weighted by Crippen LogP contribution is -2.15. The number of thioether (sulfide) groups is 1. The minimum atomic E-state index is -0.188. The third-order valence-corrected chi connectivity index (χ3v) is 4.84. The topological polar surface area (TPSA) is 26.0 Å². The summed E-state index contributed by atoms with van der Waals surface area (Å²) in [4.78, 5) is 1.16. The van der Waals surface area contributed by atoms with Crippen molar-refractivity contribution in [1.82, 2.24) is 0 Å². The van der Waals surface area contributed by atoms with E-state index in [1.807, 2.05) is 17.8 Å². The first kappa shape index (κ1) is 12.9. The van der Waals surface area contributed by atoms with Gasteiger partial charge in [0.1, 0.15) is 5.82 Å². The number of benzene rings is 1. The molecule has 2 atom stereocenters. The van der Waals surface area contributed by atoms with Crippen LogP contribution in [0.1, 0.15) is 38.2 Å². The first-order valence-corrected chi connectivity index (χ1v) is 7.22. The van der Waals surface area contributed by atoms with Crippen LogP contribution in [0.5, 0.6) is 0 Å². The maximum absolute atomic E-state index is 13.1. The smallest absolute Gasteiger partial charge is 0.123 e. The molecule has 0 amide bonds. The molecule has 0 radical (unpaired) electrons. The Labute approximate surface area is 107 Å². The van der Waals surface area contributed by atoms with Gasteiger partial charge in [0.2, 0.25) is 0 Å². The van der Waals surface area contributed by atoms with Gasteiger partial charge < -0.3 is 5.73 Å². The Morgan fingerprint density at radius 2 is 2.24 bits per heavy atom. The van der Waals surface area contributed by atoms with Crippen LogP contribution in [0.15, 0.2) is 23.1 Å². The van der Waals surface area contributed by atoms with E-state index in [9.17, 15) is 4.39 Å². The van der Waals surface area contributed by atoms with Gasteiger partial charge in [0.25, 0.3) is 0 Å². The second-order valence-corrected chi connectivity index (χ2v) is 6.31. The molecule has 0 bridgehead atoms. The van der Waals surface area contributed by atoms with Crippen LogP contribution < -0.4 is 5.73 Å². The van der Waals surface area contributed by atoms with Crippen molar-refractivity contribution in [2.24, 2.45) is 11.7 Å². The third kappa shape index (κ3) is 3.46. The molecule has 2 rings (SSSR count). The van der Waals surface area contributed by atoms with Gasteiger partial charge >= 0.3 is 0 Å². The molecule has 0 saturated heterocycles. The highest BCUT2D eigenvalue weighted by molar-refractivity contribution is 8.00. The average Bonchev–Trinajstić information content (AvgIpc) is 2.31. The first-order valence-electron chi connectivity index (χ1n) is 6.34. The van der Waals surface area contributed by atoms with Crippen molar-refractivity contribution in [3.05, 3.63) is 29.6 Å². The number of hydrogen-bond acceptors (Lipinski definition) is 2. The van der Waals surface area contributed by atoms with Crippen LogP contribution in [0, 0.1) is 11.7 Å². The number of halogens is 1. The van der Waals surface area contributed by atoms with Crippen LogP contribution in [0.3, 0.4) is 0 Å². The van der Waals surface area contributed by atoms with Gasteiger partial charge in [-0.05, 0) is 42.5 Å². The van der Waals surface area contributed by atoms with Crippen molar-refractivity contribution >= 4 is 11.8 Å². The van der Waals surface area contributed by atoms with E-state index in [1.54, 1.807) is 6.07 Å². The van der Waals surface area contributed by atoms with Gasteiger partial charge in [0.15, 0.2) is 0 Å². The van der Waals surface area contributed by atoms with Gasteiger partial charge in [-0.3, -0.25) is 0 Å². The second kappa shape index (κ2) is 5.87. The van der Waals surface area contributed by atoms with Crippen LogP contribution in [-0.2, 0) is 6.54 Å². The van der Waals surface area contributed by atoms with E-state index in [1.165, 1.54) is 31.7 Å². The fourth-order valence-electron chi connectivity index (χ4n) is 2.49. The monoisotopic (exact) mass is 253 g/mol. The number of nitrogens with two attached hydrogens (primary N) is 1. The first-order chi connectivity index (χ1) is 8.19. The summed E-state index contributed by atoms with van der Waals surface area (Å²) in [6.07, 6.45) is 5.21. The number of rotatable bonds is 3. The van der Waals surface area contributed by atoms with Gasteiger partial charge in [-0.25, -0.2) is 4.39 Å². The van der Waals surface area contributed by atoms with Crippen molar-refractivity contribution in [2.45, 2.75) is 49.3 Å². The molecule has 1 aliphatic carbocycles. The van der Waals surface area contributed by atoms with Crippen molar-refractivity contribution in [3.8, 4) is 0 Å². The van der Waals surface area contributed by atoms with Crippen molar-refractivity contribution in [3.63, 3.8) is 0 Å². The summed E-state index contributed by atoms with van der Waals surface area (Å²) in [5, 5.41) is 0.675. The largest absolute Gasteiger partial charge is 0.326 e. The Morgan fingerprint density at radius 3 is 2.94 bits per heavy atom. The van der Waals surface area contributed by atoms with E-state index in [0.29, 0.717) is 11.8 Å². The van der Waals surface area contributed by atoms with Crippen molar-refractivity contribution < 1.29 is 4.39 Å². The Kier molecular flexibility index (Phi) is 4.46. The Hall–Kier alpha value is -0.540. The standard InChI is InChI=1S/C14H20FNS/c1-10-3-2-4-13(7-10)17-14-6-5-12(15)8-11(14)9-16/h5-6,8,10,13H,2-4,7,9,16H2,1H3. The molecule has 1 fully saturated rings. The maximum atomic E-state index is 13.1. The third-order valence-electron chi connectivity index (χ3n) is 3.42. The molecule has 0 heterocycles. The van der Waals surface area contributed by atoms with Crippen LogP contribution in [0.25, 0.3) is 0 Å². The Balaban J connectivity index is 2.07. The lowest BCUT2D eigenvalue weighted by molar-refractivity contribution is 0.394. The summed E-state index contributed by atoms with van der Waals surface area (Å²) in [6.45, 7) is 2.74. The van der Waals surface area contributed by atoms with Gasteiger partial charge in [-0.1, -0.05) is 19.8 Å². The van der Waals surface area contributed by atoms with Crippen LogP contribution in [-0.4, -0.2) is 5.25 Å². The fourth-order valence-corrected chi connectivity index (χ4v) is 4.00. The van der Waals surface area contributed by atoms with Crippen molar-refractivity contribution in [1.29, 1.82) is 0 Å². The van der Waals surface area contributed by atoms with Crippen molar-refractivity contribution in [2.75, 3.05) is 0 Å². The molecule has 2 unspecified atom stereocenters. The second-order valence-electron chi connectivity index (χ2n) is 4.97. The van der Waals surface area contributed by atoms with Gasteiger partial charge in [-0.15, -0.1) is 11.8 Å². The zero-order chi connectivity index (χ0) is 12.3.